The minimum Gasteiger partial charge on any atom is -0.308 e. The van der Waals surface area contributed by atoms with Crippen molar-refractivity contribution in [2.24, 2.45) is 5.84 Å². The van der Waals surface area contributed by atoms with E-state index in [1.165, 1.54) is 0 Å². The Labute approximate surface area is 113 Å². The number of thioether (sulfide) groups is 1. The molecule has 0 bridgehead atoms. The van der Waals surface area contributed by atoms with Crippen molar-refractivity contribution in [2.75, 3.05) is 5.43 Å². The molecular weight excluding hydrogens is 270 g/mol. The monoisotopic (exact) mass is 279 g/mol. The molecule has 3 rings (SSSR count). The van der Waals surface area contributed by atoms with Crippen LogP contribution in [0.25, 0.3) is 11.5 Å². The summed E-state index contributed by atoms with van der Waals surface area (Å²) in [6.45, 7) is 0. The van der Waals surface area contributed by atoms with Crippen LogP contribution in [0.4, 0.5) is 5.82 Å². The maximum atomic E-state index is 5.81. The number of nitrogens with two attached hydrogens (primary N) is 1. The van der Waals surface area contributed by atoms with E-state index < -0.39 is 0 Å². The van der Waals surface area contributed by atoms with Crippen molar-refractivity contribution in [1.82, 2.24) is 15.0 Å². The Hall–Kier alpha value is -1.37. The van der Waals surface area contributed by atoms with Crippen molar-refractivity contribution >= 4 is 29.2 Å². The van der Waals surface area contributed by atoms with Gasteiger partial charge in [0.1, 0.15) is 11.5 Å². The molecule has 2 aromatic heterocycles. The molecule has 0 aromatic carbocycles. The molecule has 0 saturated carbocycles. The summed E-state index contributed by atoms with van der Waals surface area (Å²) in [5.74, 6) is 8.52. The minimum absolute atomic E-state index is 0.570. The molecule has 1 aliphatic rings. The fourth-order valence-electron chi connectivity index (χ4n) is 1.79. The third kappa shape index (κ3) is 2.03. The number of hydrogen-bond donors (Lipinski definition) is 2. The van der Waals surface area contributed by atoms with Gasteiger partial charge < -0.3 is 5.43 Å². The SMILES string of the molecule is NNc1nc(-c2ccc(Cl)cn2)nc2c1CSC2. The number of nitrogens with zero attached hydrogens (tertiary/aromatic N) is 3. The van der Waals surface area contributed by atoms with Gasteiger partial charge in [-0.15, -0.1) is 0 Å². The van der Waals surface area contributed by atoms with Crippen LogP contribution in [0.3, 0.4) is 0 Å². The Morgan fingerprint density at radius 2 is 2.17 bits per heavy atom. The van der Waals surface area contributed by atoms with Crippen LogP contribution in [-0.4, -0.2) is 15.0 Å². The second-order valence-electron chi connectivity index (χ2n) is 3.82. The first-order valence-electron chi connectivity index (χ1n) is 5.34. The van der Waals surface area contributed by atoms with Crippen molar-refractivity contribution in [3.63, 3.8) is 0 Å². The Morgan fingerprint density at radius 1 is 1.28 bits per heavy atom. The highest BCUT2D eigenvalue weighted by Crippen LogP contribution is 2.33. The number of anilines is 1. The van der Waals surface area contributed by atoms with E-state index in [0.717, 1.165) is 22.8 Å². The van der Waals surface area contributed by atoms with Crippen LogP contribution in [0.2, 0.25) is 5.02 Å². The molecule has 3 N–H and O–H groups in total. The van der Waals surface area contributed by atoms with Gasteiger partial charge in [0.25, 0.3) is 0 Å². The molecule has 2 aromatic rings. The zero-order chi connectivity index (χ0) is 12.5. The lowest BCUT2D eigenvalue weighted by atomic mass is 10.2. The molecule has 0 saturated heterocycles. The van der Waals surface area contributed by atoms with Crippen LogP contribution >= 0.6 is 23.4 Å². The molecular formula is C11H10ClN5S. The molecule has 0 spiro atoms. The zero-order valence-corrected chi connectivity index (χ0v) is 10.9. The van der Waals surface area contributed by atoms with E-state index in [-0.39, 0.29) is 0 Å². The first kappa shape index (κ1) is 11.7. The lowest BCUT2D eigenvalue weighted by Crippen LogP contribution is -2.13. The number of rotatable bonds is 2. The standard InChI is InChI=1S/C11H10ClN5S/c12-6-1-2-8(14-3-6)11-15-9-5-18-4-7(9)10(16-11)17-13/h1-3H,4-5,13H2,(H,15,16,17). The van der Waals surface area contributed by atoms with E-state index in [0.29, 0.717) is 22.4 Å². The van der Waals surface area contributed by atoms with Crippen LogP contribution < -0.4 is 11.3 Å². The summed E-state index contributed by atoms with van der Waals surface area (Å²) in [7, 11) is 0. The second kappa shape index (κ2) is 4.72. The van der Waals surface area contributed by atoms with Gasteiger partial charge in [0.15, 0.2) is 5.82 Å². The van der Waals surface area contributed by atoms with Gasteiger partial charge in [0, 0.05) is 23.3 Å². The molecule has 0 unspecified atom stereocenters. The van der Waals surface area contributed by atoms with E-state index in [2.05, 4.69) is 20.4 Å². The first-order chi connectivity index (χ1) is 8.78. The molecule has 0 radical (unpaired) electrons. The van der Waals surface area contributed by atoms with Crippen LogP contribution in [0.5, 0.6) is 0 Å². The number of aromatic nitrogens is 3. The smallest absolute Gasteiger partial charge is 0.180 e. The molecule has 18 heavy (non-hydrogen) atoms. The highest BCUT2D eigenvalue weighted by Gasteiger charge is 2.20. The second-order valence-corrected chi connectivity index (χ2v) is 5.24. The highest BCUT2D eigenvalue weighted by molar-refractivity contribution is 7.98. The molecule has 0 fully saturated rings. The van der Waals surface area contributed by atoms with E-state index >= 15 is 0 Å². The highest BCUT2D eigenvalue weighted by atomic mass is 35.5. The normalized spacial score (nSPS) is 13.4. The Kier molecular flexibility index (Phi) is 3.07. The third-order valence-corrected chi connectivity index (χ3v) is 3.87. The van der Waals surface area contributed by atoms with E-state index in [1.807, 2.05) is 0 Å². The summed E-state index contributed by atoms with van der Waals surface area (Å²) in [4.78, 5) is 13.1. The van der Waals surface area contributed by atoms with E-state index in [4.69, 9.17) is 17.4 Å². The van der Waals surface area contributed by atoms with E-state index in [1.54, 1.807) is 30.1 Å². The Balaban J connectivity index is 2.10. The average molecular weight is 280 g/mol. The maximum Gasteiger partial charge on any atom is 0.180 e. The van der Waals surface area contributed by atoms with Crippen molar-refractivity contribution in [1.29, 1.82) is 0 Å². The van der Waals surface area contributed by atoms with Gasteiger partial charge in [-0.2, -0.15) is 11.8 Å². The fraction of sp³-hybridized carbons (Fsp3) is 0.182. The number of hydrogen-bond acceptors (Lipinski definition) is 6. The minimum atomic E-state index is 0.570. The molecule has 1 aliphatic heterocycles. The number of hydrazine groups is 1. The van der Waals surface area contributed by atoms with Crippen LogP contribution in [0.1, 0.15) is 11.3 Å². The zero-order valence-electron chi connectivity index (χ0n) is 9.35. The van der Waals surface area contributed by atoms with Crippen LogP contribution in [-0.2, 0) is 11.5 Å². The summed E-state index contributed by atoms with van der Waals surface area (Å²) in [5.41, 5.74) is 5.43. The Bertz CT molecular complexity index is 587. The molecule has 92 valence electrons. The van der Waals surface area contributed by atoms with Gasteiger partial charge in [-0.05, 0) is 12.1 Å². The van der Waals surface area contributed by atoms with Gasteiger partial charge in [-0.3, -0.25) is 4.98 Å². The Morgan fingerprint density at radius 3 is 2.89 bits per heavy atom. The number of halogens is 1. The predicted octanol–water partition coefficient (Wildman–Crippen LogP) is 2.22. The fourth-order valence-corrected chi connectivity index (χ4v) is 2.95. The van der Waals surface area contributed by atoms with Gasteiger partial charge >= 0.3 is 0 Å². The van der Waals surface area contributed by atoms with Crippen molar-refractivity contribution in [2.45, 2.75) is 11.5 Å². The van der Waals surface area contributed by atoms with Crippen molar-refractivity contribution in [3.8, 4) is 11.5 Å². The van der Waals surface area contributed by atoms with Gasteiger partial charge in [-0.25, -0.2) is 15.8 Å². The summed E-state index contributed by atoms with van der Waals surface area (Å²) in [6.07, 6.45) is 1.58. The summed E-state index contributed by atoms with van der Waals surface area (Å²) in [5, 5.41) is 0.590. The van der Waals surface area contributed by atoms with Crippen LogP contribution in [0.15, 0.2) is 18.3 Å². The lowest BCUT2D eigenvalue weighted by Gasteiger charge is -2.08. The number of pyridine rings is 1. The van der Waals surface area contributed by atoms with Crippen molar-refractivity contribution < 1.29 is 0 Å². The summed E-state index contributed by atoms with van der Waals surface area (Å²) >= 11 is 7.61. The van der Waals surface area contributed by atoms with Gasteiger partial charge in [0.05, 0.1) is 10.7 Å². The van der Waals surface area contributed by atoms with Gasteiger partial charge in [0.2, 0.25) is 0 Å². The number of nitrogens with one attached hydrogen (secondary N) is 1. The van der Waals surface area contributed by atoms with Crippen LogP contribution in [0, 0.1) is 0 Å². The van der Waals surface area contributed by atoms with Crippen molar-refractivity contribution in [3.05, 3.63) is 34.6 Å². The largest absolute Gasteiger partial charge is 0.308 e. The summed E-state index contributed by atoms with van der Waals surface area (Å²) < 4.78 is 0. The molecule has 0 aliphatic carbocycles. The maximum absolute atomic E-state index is 5.81. The van der Waals surface area contributed by atoms with Gasteiger partial charge in [-0.1, -0.05) is 11.6 Å². The molecule has 5 nitrogen and oxygen atoms in total. The lowest BCUT2D eigenvalue weighted by molar-refractivity contribution is 1.05. The molecule has 7 heteroatoms. The molecule has 0 amide bonds. The number of fused-ring (bicyclic) bond motifs is 1. The average Bonchev–Trinajstić information content (AvgIpc) is 2.86. The topological polar surface area (TPSA) is 76.7 Å². The predicted molar refractivity (Wildman–Crippen MR) is 73.1 cm³/mol. The number of nitrogen functional groups attached to an aromatic ring is 1. The first-order valence-corrected chi connectivity index (χ1v) is 6.87. The molecule has 3 heterocycles. The molecule has 0 atom stereocenters. The third-order valence-electron chi connectivity index (χ3n) is 2.67. The quantitative estimate of drug-likeness (QED) is 0.648. The van der Waals surface area contributed by atoms with E-state index in [9.17, 15) is 0 Å². The summed E-state index contributed by atoms with van der Waals surface area (Å²) in [6, 6.07) is 3.57.